The average molecular weight is 273 g/mol. The number of rotatable bonds is 2. The Morgan fingerprint density at radius 2 is 2.10 bits per heavy atom. The van der Waals surface area contributed by atoms with Crippen molar-refractivity contribution in [1.82, 2.24) is 5.32 Å². The van der Waals surface area contributed by atoms with Gasteiger partial charge < -0.3 is 10.1 Å². The summed E-state index contributed by atoms with van der Waals surface area (Å²) < 4.78 is 5.51. The zero-order valence-corrected chi connectivity index (χ0v) is 11.3. The van der Waals surface area contributed by atoms with Gasteiger partial charge in [0.25, 0.3) is 0 Å². The largest absolute Gasteiger partial charge is 0.460 e. The van der Waals surface area contributed by atoms with Gasteiger partial charge in [-0.25, -0.2) is 0 Å². The molecule has 0 aromatic rings. The first-order chi connectivity index (χ1) is 9.70. The van der Waals surface area contributed by atoms with Crippen molar-refractivity contribution in [2.75, 3.05) is 0 Å². The number of esters is 1. The fourth-order valence-electron chi connectivity index (χ4n) is 5.51. The lowest BCUT2D eigenvalue weighted by atomic mass is 9.85. The first-order valence-electron chi connectivity index (χ1n) is 7.90. The molecule has 1 heterocycles. The van der Waals surface area contributed by atoms with E-state index in [0.29, 0.717) is 23.7 Å². The van der Waals surface area contributed by atoms with Crippen molar-refractivity contribution in [1.29, 1.82) is 0 Å². The summed E-state index contributed by atoms with van der Waals surface area (Å²) in [5.41, 5.74) is 0. The van der Waals surface area contributed by atoms with Crippen LogP contribution in [0.5, 0.6) is 0 Å². The van der Waals surface area contributed by atoms with Gasteiger partial charge in [-0.3, -0.25) is 9.59 Å². The highest BCUT2D eigenvalue weighted by Gasteiger charge is 2.62. The highest BCUT2D eigenvalue weighted by atomic mass is 16.6. The molecule has 20 heavy (non-hydrogen) atoms. The van der Waals surface area contributed by atoms with Crippen molar-refractivity contribution in [3.8, 4) is 0 Å². The Bertz CT molecular complexity index is 528. The van der Waals surface area contributed by atoms with Gasteiger partial charge in [0, 0.05) is 11.8 Å². The second-order valence-corrected chi connectivity index (χ2v) is 7.32. The summed E-state index contributed by atoms with van der Waals surface area (Å²) in [4.78, 5) is 24.3. The summed E-state index contributed by atoms with van der Waals surface area (Å²) in [6.45, 7) is 0. The lowest BCUT2D eigenvalue weighted by Gasteiger charge is -2.28. The van der Waals surface area contributed by atoms with E-state index >= 15 is 0 Å². The zero-order chi connectivity index (χ0) is 13.4. The molecule has 4 aliphatic carbocycles. The standard InChI is InChI=1S/C16H19NO3/c18-15(10-4-7-1-2-8(10)3-7)17-13-9-5-11-12(6-9)16(19)20-14(11)13/h1-2,7-14H,3-6H2,(H,17,18). The molecule has 0 radical (unpaired) electrons. The average Bonchev–Trinajstić information content (AvgIpc) is 3.19. The maximum absolute atomic E-state index is 12.5. The number of hydrogen-bond donors (Lipinski definition) is 1. The molecule has 4 nitrogen and oxygen atoms in total. The van der Waals surface area contributed by atoms with Gasteiger partial charge in [-0.15, -0.1) is 0 Å². The molecular weight excluding hydrogens is 254 g/mol. The topological polar surface area (TPSA) is 55.4 Å². The molecule has 1 aliphatic heterocycles. The summed E-state index contributed by atoms with van der Waals surface area (Å²) in [6, 6.07) is 0.0818. The molecule has 106 valence electrons. The Balaban J connectivity index is 1.32. The Hall–Kier alpha value is -1.32. The van der Waals surface area contributed by atoms with Crippen LogP contribution in [0.25, 0.3) is 0 Å². The van der Waals surface area contributed by atoms with Crippen molar-refractivity contribution >= 4 is 11.9 Å². The third-order valence-corrected chi connectivity index (χ3v) is 6.41. The number of carbonyl (C=O) groups excluding carboxylic acids is 2. The molecule has 1 saturated heterocycles. The van der Waals surface area contributed by atoms with Gasteiger partial charge in [0.15, 0.2) is 0 Å². The Morgan fingerprint density at radius 3 is 2.85 bits per heavy atom. The first-order valence-corrected chi connectivity index (χ1v) is 7.90. The van der Waals surface area contributed by atoms with Crippen molar-refractivity contribution in [2.24, 2.45) is 35.5 Å². The van der Waals surface area contributed by atoms with E-state index in [0.717, 1.165) is 25.7 Å². The number of fused-ring (bicyclic) bond motifs is 3. The van der Waals surface area contributed by atoms with E-state index in [1.165, 1.54) is 0 Å². The highest BCUT2D eigenvalue weighted by Crippen LogP contribution is 2.54. The molecule has 1 N–H and O–H groups in total. The highest BCUT2D eigenvalue weighted by molar-refractivity contribution is 5.81. The summed E-state index contributed by atoms with van der Waals surface area (Å²) in [5.74, 6) is 2.33. The molecule has 0 spiro atoms. The van der Waals surface area contributed by atoms with E-state index in [2.05, 4.69) is 17.5 Å². The van der Waals surface area contributed by atoms with Crippen molar-refractivity contribution in [3.05, 3.63) is 12.2 Å². The molecule has 1 amide bonds. The molecule has 4 fully saturated rings. The molecule has 8 atom stereocenters. The van der Waals surface area contributed by atoms with E-state index in [-0.39, 0.29) is 35.9 Å². The van der Waals surface area contributed by atoms with Crippen LogP contribution in [0.3, 0.4) is 0 Å². The van der Waals surface area contributed by atoms with Gasteiger partial charge in [0.1, 0.15) is 6.10 Å². The second-order valence-electron chi connectivity index (χ2n) is 7.32. The predicted molar refractivity (Wildman–Crippen MR) is 70.4 cm³/mol. The van der Waals surface area contributed by atoms with E-state index in [4.69, 9.17) is 4.74 Å². The maximum Gasteiger partial charge on any atom is 0.309 e. The quantitative estimate of drug-likeness (QED) is 0.609. The van der Waals surface area contributed by atoms with E-state index in [1.54, 1.807) is 0 Å². The van der Waals surface area contributed by atoms with Gasteiger partial charge in [-0.1, -0.05) is 12.2 Å². The number of nitrogens with one attached hydrogen (secondary N) is 1. The number of ether oxygens (including phenoxy) is 1. The smallest absolute Gasteiger partial charge is 0.309 e. The number of amides is 1. The number of hydrogen-bond acceptors (Lipinski definition) is 3. The van der Waals surface area contributed by atoms with Crippen LogP contribution >= 0.6 is 0 Å². The van der Waals surface area contributed by atoms with Crippen LogP contribution in [0.2, 0.25) is 0 Å². The molecule has 5 rings (SSSR count). The zero-order valence-electron chi connectivity index (χ0n) is 11.3. The van der Waals surface area contributed by atoms with Crippen LogP contribution < -0.4 is 5.32 Å². The van der Waals surface area contributed by atoms with Crippen LogP contribution in [-0.2, 0) is 14.3 Å². The Labute approximate surface area is 117 Å². The van der Waals surface area contributed by atoms with Gasteiger partial charge >= 0.3 is 5.97 Å². The molecule has 5 aliphatic rings. The van der Waals surface area contributed by atoms with Gasteiger partial charge in [0.2, 0.25) is 5.91 Å². The SMILES string of the molecule is O=C(NC1C2CC3C(=O)OC1C3C2)C1CC2C=CC1C2. The predicted octanol–water partition coefficient (Wildman–Crippen LogP) is 1.26. The summed E-state index contributed by atoms with van der Waals surface area (Å²) >= 11 is 0. The van der Waals surface area contributed by atoms with Gasteiger partial charge in [-0.05, 0) is 43.4 Å². The molecule has 4 heteroatoms. The van der Waals surface area contributed by atoms with Gasteiger partial charge in [0.05, 0.1) is 12.0 Å². The first kappa shape index (κ1) is 11.4. The molecule has 3 saturated carbocycles. The summed E-state index contributed by atoms with van der Waals surface area (Å²) in [5, 5.41) is 3.24. The lowest BCUT2D eigenvalue weighted by Crippen LogP contribution is -2.49. The normalized spacial score (nSPS) is 53.7. The fourth-order valence-corrected chi connectivity index (χ4v) is 5.51. The van der Waals surface area contributed by atoms with Crippen LogP contribution in [0.15, 0.2) is 12.2 Å². The number of carbonyl (C=O) groups is 2. The Morgan fingerprint density at radius 1 is 1.20 bits per heavy atom. The molecule has 0 aromatic heterocycles. The van der Waals surface area contributed by atoms with Crippen molar-refractivity contribution in [3.63, 3.8) is 0 Å². The second kappa shape index (κ2) is 3.66. The van der Waals surface area contributed by atoms with Crippen LogP contribution in [0.1, 0.15) is 25.7 Å². The van der Waals surface area contributed by atoms with Crippen molar-refractivity contribution < 1.29 is 14.3 Å². The molecular formula is C16H19NO3. The van der Waals surface area contributed by atoms with E-state index in [9.17, 15) is 9.59 Å². The minimum atomic E-state index is -0.0377. The minimum Gasteiger partial charge on any atom is -0.460 e. The summed E-state index contributed by atoms with van der Waals surface area (Å²) in [7, 11) is 0. The lowest BCUT2D eigenvalue weighted by molar-refractivity contribution is -0.144. The minimum absolute atomic E-state index is 0.0258. The van der Waals surface area contributed by atoms with Crippen molar-refractivity contribution in [2.45, 2.75) is 37.8 Å². The van der Waals surface area contributed by atoms with Crippen LogP contribution in [0.4, 0.5) is 0 Å². The maximum atomic E-state index is 12.5. The van der Waals surface area contributed by atoms with Crippen LogP contribution in [-0.4, -0.2) is 24.0 Å². The molecule has 8 unspecified atom stereocenters. The summed E-state index contributed by atoms with van der Waals surface area (Å²) in [6.07, 6.45) is 8.56. The third-order valence-electron chi connectivity index (χ3n) is 6.41. The monoisotopic (exact) mass is 273 g/mol. The molecule has 4 bridgehead atoms. The van der Waals surface area contributed by atoms with Crippen LogP contribution in [0, 0.1) is 35.5 Å². The van der Waals surface area contributed by atoms with E-state index in [1.807, 2.05) is 0 Å². The number of allylic oxidation sites excluding steroid dienone is 2. The third kappa shape index (κ3) is 1.32. The van der Waals surface area contributed by atoms with Gasteiger partial charge in [-0.2, -0.15) is 0 Å². The molecule has 0 aromatic carbocycles. The Kier molecular flexibility index (Phi) is 2.08. The van der Waals surface area contributed by atoms with E-state index < -0.39 is 0 Å². The fraction of sp³-hybridized carbons (Fsp3) is 0.750.